The minimum Gasteiger partial charge on any atom is -0.467 e. The van der Waals surface area contributed by atoms with Gasteiger partial charge in [-0.15, -0.1) is 0 Å². The van der Waals surface area contributed by atoms with E-state index in [0.29, 0.717) is 45.1 Å². The second kappa shape index (κ2) is 8.94. The molecule has 35 heavy (non-hydrogen) atoms. The zero-order valence-electron chi connectivity index (χ0n) is 19.3. The van der Waals surface area contributed by atoms with Crippen LogP contribution in [0.2, 0.25) is 0 Å². The van der Waals surface area contributed by atoms with E-state index < -0.39 is 5.91 Å². The number of para-hydroxylation sites is 1. The minimum atomic E-state index is -0.422. The van der Waals surface area contributed by atoms with Gasteiger partial charge in [-0.05, 0) is 57.2 Å². The van der Waals surface area contributed by atoms with E-state index in [1.807, 2.05) is 19.9 Å². The molecule has 0 radical (unpaired) electrons. The van der Waals surface area contributed by atoms with Crippen LogP contribution in [0.5, 0.6) is 0 Å². The van der Waals surface area contributed by atoms with Crippen molar-refractivity contribution < 1.29 is 22.9 Å². The van der Waals surface area contributed by atoms with E-state index in [2.05, 4.69) is 20.8 Å². The topological polar surface area (TPSA) is 123 Å². The number of pyridine rings is 1. The summed E-state index contributed by atoms with van der Waals surface area (Å²) >= 11 is 0. The molecule has 0 unspecified atom stereocenters. The van der Waals surface area contributed by atoms with Gasteiger partial charge in [0, 0.05) is 5.56 Å². The Morgan fingerprint density at radius 3 is 2.54 bits per heavy atom. The lowest BCUT2D eigenvalue weighted by Crippen LogP contribution is -2.24. The third-order valence-corrected chi connectivity index (χ3v) is 5.60. The molecule has 9 heteroatoms. The first-order valence-corrected chi connectivity index (χ1v) is 11.0. The molecule has 0 saturated heterocycles. The predicted octanol–water partition coefficient (Wildman–Crippen LogP) is 5.18. The Labute approximate surface area is 200 Å². The Kier molecular flexibility index (Phi) is 5.66. The Bertz CT molecular complexity index is 1550. The van der Waals surface area contributed by atoms with Crippen LogP contribution in [0.4, 0.5) is 5.69 Å². The van der Waals surface area contributed by atoms with E-state index in [-0.39, 0.29) is 18.2 Å². The van der Waals surface area contributed by atoms with Crippen molar-refractivity contribution in [2.75, 3.05) is 5.32 Å². The molecule has 5 rings (SSSR count). The average molecular weight is 470 g/mol. The zero-order chi connectivity index (χ0) is 24.5. The van der Waals surface area contributed by atoms with Crippen molar-refractivity contribution in [2.24, 2.45) is 0 Å². The maximum absolute atomic E-state index is 13.5. The van der Waals surface area contributed by atoms with Crippen LogP contribution in [0.3, 0.4) is 0 Å². The summed E-state index contributed by atoms with van der Waals surface area (Å²) in [5.74, 6) is 1.26. The van der Waals surface area contributed by atoms with Crippen LogP contribution in [0.15, 0.2) is 68.2 Å². The molecule has 0 aliphatic rings. The van der Waals surface area contributed by atoms with E-state index in [9.17, 15) is 9.59 Å². The number of fused-ring (bicyclic) bond motifs is 1. The molecule has 176 valence electrons. The van der Waals surface area contributed by atoms with Gasteiger partial charge < -0.3 is 24.0 Å². The van der Waals surface area contributed by atoms with Gasteiger partial charge in [0.05, 0.1) is 46.4 Å². The second-order valence-electron chi connectivity index (χ2n) is 8.09. The van der Waals surface area contributed by atoms with E-state index in [1.54, 1.807) is 55.7 Å². The molecule has 0 aliphatic carbocycles. The number of nitrogens with one attached hydrogen (secondary N) is 2. The smallest absolute Gasteiger partial charge is 0.259 e. The summed E-state index contributed by atoms with van der Waals surface area (Å²) in [6.45, 7) is 5.64. The normalized spacial score (nSPS) is 11.1. The number of benzene rings is 1. The second-order valence-corrected chi connectivity index (χ2v) is 8.09. The summed E-state index contributed by atoms with van der Waals surface area (Å²) in [4.78, 5) is 30.9. The Hall–Kier alpha value is -4.66. The monoisotopic (exact) mass is 470 g/mol. The molecule has 4 aromatic heterocycles. The number of amides is 2. The van der Waals surface area contributed by atoms with Crippen molar-refractivity contribution in [1.29, 1.82) is 0 Å². The van der Waals surface area contributed by atoms with Gasteiger partial charge in [-0.2, -0.15) is 0 Å². The van der Waals surface area contributed by atoms with Crippen LogP contribution >= 0.6 is 0 Å². The summed E-state index contributed by atoms with van der Waals surface area (Å²) in [6.07, 6.45) is 1.54. The maximum atomic E-state index is 13.5. The molecule has 9 nitrogen and oxygen atoms in total. The van der Waals surface area contributed by atoms with Crippen molar-refractivity contribution in [2.45, 2.75) is 27.3 Å². The lowest BCUT2D eigenvalue weighted by molar-refractivity contribution is 0.0949. The highest BCUT2D eigenvalue weighted by atomic mass is 16.5. The summed E-state index contributed by atoms with van der Waals surface area (Å²) in [7, 11) is 0. The molecule has 5 aromatic rings. The van der Waals surface area contributed by atoms with Crippen molar-refractivity contribution in [1.82, 2.24) is 15.5 Å². The van der Waals surface area contributed by atoms with E-state index in [4.69, 9.17) is 13.4 Å². The molecule has 0 atom stereocenters. The molecule has 0 spiro atoms. The quantitative estimate of drug-likeness (QED) is 0.350. The lowest BCUT2D eigenvalue weighted by Gasteiger charge is -2.12. The van der Waals surface area contributed by atoms with Gasteiger partial charge in [0.2, 0.25) is 0 Å². The molecule has 4 heterocycles. The number of carbonyl (C=O) groups excluding carboxylic acids is 2. The highest BCUT2D eigenvalue weighted by Gasteiger charge is 2.22. The summed E-state index contributed by atoms with van der Waals surface area (Å²) < 4.78 is 16.3. The Balaban J connectivity index is 1.48. The average Bonchev–Trinajstić information content (AvgIpc) is 3.58. The van der Waals surface area contributed by atoms with Crippen molar-refractivity contribution >= 4 is 28.6 Å². The number of nitrogens with zero attached hydrogens (tertiary/aromatic N) is 2. The number of hydrogen-bond acceptors (Lipinski definition) is 7. The molecule has 0 saturated carbocycles. The van der Waals surface area contributed by atoms with Gasteiger partial charge in [-0.3, -0.25) is 9.59 Å². The zero-order valence-corrected chi connectivity index (χ0v) is 19.3. The van der Waals surface area contributed by atoms with Gasteiger partial charge in [0.15, 0.2) is 0 Å². The van der Waals surface area contributed by atoms with Crippen molar-refractivity contribution in [3.8, 4) is 11.3 Å². The summed E-state index contributed by atoms with van der Waals surface area (Å²) in [5.41, 5.74) is 3.07. The largest absolute Gasteiger partial charge is 0.467 e. The van der Waals surface area contributed by atoms with Gasteiger partial charge in [0.1, 0.15) is 17.3 Å². The van der Waals surface area contributed by atoms with Crippen LogP contribution in [-0.4, -0.2) is 22.0 Å². The number of hydrogen-bond donors (Lipinski definition) is 2. The van der Waals surface area contributed by atoms with Crippen LogP contribution in [0.25, 0.3) is 22.4 Å². The SMILES string of the molecule is Cc1cc(-c2cc(C(=O)Nc3ccccc3C(=O)NCc3ccco3)c3c(C)noc3n2)c(C)o1. The van der Waals surface area contributed by atoms with E-state index in [1.165, 1.54) is 0 Å². The lowest BCUT2D eigenvalue weighted by atomic mass is 10.0. The van der Waals surface area contributed by atoms with E-state index >= 15 is 0 Å². The van der Waals surface area contributed by atoms with Crippen molar-refractivity contribution in [3.63, 3.8) is 0 Å². The predicted molar refractivity (Wildman–Crippen MR) is 128 cm³/mol. The van der Waals surface area contributed by atoms with E-state index in [0.717, 1.165) is 11.3 Å². The molecular formula is C26H22N4O5. The number of carbonyl (C=O) groups is 2. The number of aryl methyl sites for hydroxylation is 3. The first kappa shape index (κ1) is 22.1. The number of furan rings is 2. The Morgan fingerprint density at radius 2 is 1.80 bits per heavy atom. The fourth-order valence-corrected chi connectivity index (χ4v) is 3.95. The molecule has 0 fully saturated rings. The molecule has 2 amide bonds. The van der Waals surface area contributed by atoms with Crippen LogP contribution < -0.4 is 10.6 Å². The third-order valence-electron chi connectivity index (χ3n) is 5.60. The highest BCUT2D eigenvalue weighted by Crippen LogP contribution is 2.31. The van der Waals surface area contributed by atoms with Crippen LogP contribution in [0, 0.1) is 20.8 Å². The van der Waals surface area contributed by atoms with Gasteiger partial charge in [-0.25, -0.2) is 4.98 Å². The molecule has 1 aromatic carbocycles. The van der Waals surface area contributed by atoms with Crippen LogP contribution in [-0.2, 0) is 6.54 Å². The minimum absolute atomic E-state index is 0.228. The molecule has 0 bridgehead atoms. The first-order chi connectivity index (χ1) is 16.9. The maximum Gasteiger partial charge on any atom is 0.259 e. The van der Waals surface area contributed by atoms with Gasteiger partial charge in [0.25, 0.3) is 17.5 Å². The van der Waals surface area contributed by atoms with Crippen molar-refractivity contribution in [3.05, 3.63) is 88.9 Å². The fraction of sp³-hybridized carbons (Fsp3) is 0.154. The molecule has 0 aliphatic heterocycles. The molecule has 2 N–H and O–H groups in total. The third kappa shape index (κ3) is 4.31. The van der Waals surface area contributed by atoms with Gasteiger partial charge >= 0.3 is 0 Å². The van der Waals surface area contributed by atoms with Gasteiger partial charge in [-0.1, -0.05) is 17.3 Å². The standard InChI is InChI=1S/C26H22N4O5/c1-14-11-19(16(3)34-14)22-12-20(23-15(2)30-35-26(23)29-22)25(32)28-21-9-5-4-8-18(21)24(31)27-13-17-7-6-10-33-17/h4-12H,13H2,1-3H3,(H,27,31)(H,28,32). The highest BCUT2D eigenvalue weighted by molar-refractivity contribution is 6.15. The first-order valence-electron chi connectivity index (χ1n) is 11.0. The Morgan fingerprint density at radius 1 is 0.971 bits per heavy atom. The molecular weight excluding hydrogens is 448 g/mol. The van der Waals surface area contributed by atoms with Crippen LogP contribution in [0.1, 0.15) is 43.7 Å². The summed E-state index contributed by atoms with van der Waals surface area (Å²) in [5, 5.41) is 10.2. The summed E-state index contributed by atoms with van der Waals surface area (Å²) in [6, 6.07) is 13.8. The fourth-order valence-electron chi connectivity index (χ4n) is 3.95. The number of rotatable bonds is 6. The number of aromatic nitrogens is 2. The number of anilines is 1.